The molecule has 26 heavy (non-hydrogen) atoms. The highest BCUT2D eigenvalue weighted by Gasteiger charge is 2.15. The molecule has 0 amide bonds. The Morgan fingerprint density at radius 3 is 2.12 bits per heavy atom. The van der Waals surface area contributed by atoms with Crippen molar-refractivity contribution in [2.24, 2.45) is 0 Å². The molecular weight excluding hydrogens is 318 g/mol. The Bertz CT molecular complexity index is 680. The molecule has 2 nitrogen and oxygen atoms in total. The van der Waals surface area contributed by atoms with Gasteiger partial charge in [0.05, 0.1) is 11.4 Å². The zero-order chi connectivity index (χ0) is 18.0. The van der Waals surface area contributed by atoms with E-state index in [0.717, 1.165) is 29.3 Å². The second-order valence-corrected chi connectivity index (χ2v) is 7.49. The summed E-state index contributed by atoms with van der Waals surface area (Å²) in [6.07, 6.45) is 15.0. The van der Waals surface area contributed by atoms with Crippen molar-refractivity contribution in [2.45, 2.75) is 77.6 Å². The first-order chi connectivity index (χ1) is 12.9. The zero-order valence-electron chi connectivity index (χ0n) is 16.2. The van der Waals surface area contributed by atoms with E-state index in [0.29, 0.717) is 0 Å². The molecule has 0 spiro atoms. The Morgan fingerprint density at radius 2 is 1.35 bits per heavy atom. The minimum Gasteiger partial charge on any atom is -0.453 e. The molecule has 0 aliphatic carbocycles. The fraction of sp³-hybridized carbons (Fsp3) is 0.500. The summed E-state index contributed by atoms with van der Waals surface area (Å²) in [7, 11) is 0. The minimum absolute atomic E-state index is 0.913. The highest BCUT2D eigenvalue weighted by atomic mass is 16.5. The third-order valence-electron chi connectivity index (χ3n) is 5.24. The molecule has 1 aliphatic rings. The summed E-state index contributed by atoms with van der Waals surface area (Å²) < 4.78 is 6.06. The molecule has 0 saturated heterocycles. The predicted octanol–water partition coefficient (Wildman–Crippen LogP) is 8.00. The highest BCUT2D eigenvalue weighted by Crippen LogP contribution is 2.42. The molecule has 2 aromatic carbocycles. The van der Waals surface area contributed by atoms with E-state index < -0.39 is 0 Å². The second-order valence-electron chi connectivity index (χ2n) is 7.49. The number of nitrogens with one attached hydrogen (secondary N) is 1. The first kappa shape index (κ1) is 18.8. The lowest BCUT2D eigenvalue weighted by molar-refractivity contribution is 0.480. The van der Waals surface area contributed by atoms with E-state index in [2.05, 4.69) is 36.5 Å². The standard InChI is InChI=1S/C24H33NO/c1-2-3-4-5-6-7-8-9-10-11-14-20-17-18-22-24(19-20)26-23-16-13-12-15-21(23)25-22/h12-13,15-19,25H,2-11,14H2,1H3. The molecule has 0 saturated carbocycles. The Balaban J connectivity index is 1.34. The number of para-hydroxylation sites is 2. The van der Waals surface area contributed by atoms with Gasteiger partial charge in [-0.3, -0.25) is 0 Å². The Hall–Kier alpha value is -1.96. The molecule has 1 aliphatic heterocycles. The van der Waals surface area contributed by atoms with Crippen LogP contribution >= 0.6 is 0 Å². The van der Waals surface area contributed by atoms with Crippen LogP contribution in [0.5, 0.6) is 11.5 Å². The lowest BCUT2D eigenvalue weighted by atomic mass is 10.0. The largest absolute Gasteiger partial charge is 0.453 e. The van der Waals surface area contributed by atoms with Gasteiger partial charge in [0.15, 0.2) is 11.5 Å². The summed E-state index contributed by atoms with van der Waals surface area (Å²) in [5.41, 5.74) is 3.49. The van der Waals surface area contributed by atoms with E-state index in [1.165, 1.54) is 69.8 Å². The maximum absolute atomic E-state index is 6.06. The molecule has 0 fully saturated rings. The average Bonchev–Trinajstić information content (AvgIpc) is 2.67. The van der Waals surface area contributed by atoms with E-state index in [1.807, 2.05) is 18.2 Å². The lowest BCUT2D eigenvalue weighted by Crippen LogP contribution is -2.03. The van der Waals surface area contributed by atoms with Crippen molar-refractivity contribution in [1.29, 1.82) is 0 Å². The zero-order valence-corrected chi connectivity index (χ0v) is 16.2. The van der Waals surface area contributed by atoms with Crippen molar-refractivity contribution < 1.29 is 4.74 Å². The van der Waals surface area contributed by atoms with Crippen LogP contribution in [0.15, 0.2) is 42.5 Å². The van der Waals surface area contributed by atoms with Crippen molar-refractivity contribution in [3.05, 3.63) is 48.0 Å². The summed E-state index contributed by atoms with van der Waals surface area (Å²) in [6.45, 7) is 2.28. The van der Waals surface area contributed by atoms with Gasteiger partial charge in [0.1, 0.15) is 0 Å². The minimum atomic E-state index is 0.913. The number of anilines is 2. The van der Waals surface area contributed by atoms with Crippen LogP contribution in [0.25, 0.3) is 0 Å². The molecule has 2 aromatic rings. The maximum atomic E-state index is 6.06. The van der Waals surface area contributed by atoms with Crippen molar-refractivity contribution in [2.75, 3.05) is 5.32 Å². The highest BCUT2D eigenvalue weighted by molar-refractivity contribution is 5.75. The molecule has 0 aromatic heterocycles. The van der Waals surface area contributed by atoms with Gasteiger partial charge in [0.2, 0.25) is 0 Å². The van der Waals surface area contributed by atoms with Gasteiger partial charge in [-0.1, -0.05) is 82.9 Å². The Kier molecular flexibility index (Phi) is 7.42. The van der Waals surface area contributed by atoms with Gasteiger partial charge in [-0.2, -0.15) is 0 Å². The number of aryl methyl sites for hydroxylation is 1. The van der Waals surface area contributed by atoms with Crippen molar-refractivity contribution in [3.8, 4) is 11.5 Å². The van der Waals surface area contributed by atoms with Gasteiger partial charge < -0.3 is 10.1 Å². The Labute approximate surface area is 159 Å². The number of ether oxygens (including phenoxy) is 1. The normalized spacial score (nSPS) is 12.0. The SMILES string of the molecule is CCCCCCCCCCCCc1ccc2c(c1)Oc1ccccc1N2. The van der Waals surface area contributed by atoms with Crippen LogP contribution in [-0.2, 0) is 6.42 Å². The summed E-state index contributed by atoms with van der Waals surface area (Å²) in [5.74, 6) is 1.87. The molecule has 1 heterocycles. The molecule has 0 radical (unpaired) electrons. The molecule has 2 heteroatoms. The van der Waals surface area contributed by atoms with Crippen LogP contribution in [0.2, 0.25) is 0 Å². The van der Waals surface area contributed by atoms with Crippen LogP contribution in [0.4, 0.5) is 11.4 Å². The Morgan fingerprint density at radius 1 is 0.692 bits per heavy atom. The molecule has 140 valence electrons. The smallest absolute Gasteiger partial charge is 0.151 e. The molecule has 3 rings (SSSR count). The third-order valence-corrected chi connectivity index (χ3v) is 5.24. The first-order valence-corrected chi connectivity index (χ1v) is 10.5. The topological polar surface area (TPSA) is 21.3 Å². The van der Waals surface area contributed by atoms with Crippen LogP contribution in [-0.4, -0.2) is 0 Å². The summed E-state index contributed by atoms with van der Waals surface area (Å²) >= 11 is 0. The second kappa shape index (κ2) is 10.3. The van der Waals surface area contributed by atoms with Crippen LogP contribution in [0.3, 0.4) is 0 Å². The van der Waals surface area contributed by atoms with Gasteiger partial charge in [-0.15, -0.1) is 0 Å². The van der Waals surface area contributed by atoms with Crippen LogP contribution < -0.4 is 10.1 Å². The van der Waals surface area contributed by atoms with Crippen molar-refractivity contribution in [1.82, 2.24) is 0 Å². The van der Waals surface area contributed by atoms with Gasteiger partial charge in [0.25, 0.3) is 0 Å². The summed E-state index contributed by atoms with van der Waals surface area (Å²) in [6, 6.07) is 14.7. The fourth-order valence-electron chi connectivity index (χ4n) is 3.65. The van der Waals surface area contributed by atoms with E-state index in [-0.39, 0.29) is 0 Å². The number of hydrogen-bond acceptors (Lipinski definition) is 2. The van der Waals surface area contributed by atoms with Crippen LogP contribution in [0, 0.1) is 0 Å². The number of benzene rings is 2. The van der Waals surface area contributed by atoms with E-state index in [1.54, 1.807) is 0 Å². The fourth-order valence-corrected chi connectivity index (χ4v) is 3.65. The van der Waals surface area contributed by atoms with E-state index in [4.69, 9.17) is 4.74 Å². The first-order valence-electron chi connectivity index (χ1n) is 10.5. The van der Waals surface area contributed by atoms with Gasteiger partial charge in [-0.05, 0) is 42.7 Å². The predicted molar refractivity (Wildman–Crippen MR) is 112 cm³/mol. The molecular formula is C24H33NO. The molecule has 0 atom stereocenters. The quantitative estimate of drug-likeness (QED) is 0.353. The number of rotatable bonds is 11. The number of unbranched alkanes of at least 4 members (excludes halogenated alkanes) is 9. The molecule has 1 N–H and O–H groups in total. The molecule has 0 bridgehead atoms. The van der Waals surface area contributed by atoms with Gasteiger partial charge >= 0.3 is 0 Å². The lowest BCUT2D eigenvalue weighted by Gasteiger charge is -2.22. The maximum Gasteiger partial charge on any atom is 0.151 e. The van der Waals surface area contributed by atoms with Crippen molar-refractivity contribution in [3.63, 3.8) is 0 Å². The summed E-state index contributed by atoms with van der Waals surface area (Å²) in [5, 5.41) is 3.45. The number of fused-ring (bicyclic) bond motifs is 2. The van der Waals surface area contributed by atoms with Gasteiger partial charge in [-0.25, -0.2) is 0 Å². The third kappa shape index (κ3) is 5.52. The number of hydrogen-bond donors (Lipinski definition) is 1. The average molecular weight is 352 g/mol. The van der Waals surface area contributed by atoms with E-state index >= 15 is 0 Å². The van der Waals surface area contributed by atoms with Crippen molar-refractivity contribution >= 4 is 11.4 Å². The summed E-state index contributed by atoms with van der Waals surface area (Å²) in [4.78, 5) is 0. The molecule has 0 unspecified atom stereocenters. The van der Waals surface area contributed by atoms with Gasteiger partial charge in [0, 0.05) is 0 Å². The monoisotopic (exact) mass is 351 g/mol. The van der Waals surface area contributed by atoms with Crippen LogP contribution in [0.1, 0.15) is 76.7 Å². The van der Waals surface area contributed by atoms with E-state index in [9.17, 15) is 0 Å².